The first kappa shape index (κ1) is 22.0. The molecule has 7 nitrogen and oxygen atoms in total. The van der Waals surface area contributed by atoms with E-state index in [0.717, 1.165) is 72.1 Å². The lowest BCUT2D eigenvalue weighted by Gasteiger charge is -2.21. The van der Waals surface area contributed by atoms with Crippen LogP contribution < -0.4 is 10.2 Å². The fourth-order valence-electron chi connectivity index (χ4n) is 4.05. The highest BCUT2D eigenvalue weighted by Crippen LogP contribution is 2.33. The first-order valence-electron chi connectivity index (χ1n) is 11.2. The van der Waals surface area contributed by atoms with Crippen LogP contribution in [0.5, 0.6) is 0 Å². The molecule has 0 atom stereocenters. The molecule has 0 amide bonds. The molecule has 0 aromatic carbocycles. The number of anilines is 2. The van der Waals surface area contributed by atoms with Gasteiger partial charge in [0.15, 0.2) is 11.5 Å². The fraction of sp³-hybridized carbons (Fsp3) is 0.565. The van der Waals surface area contributed by atoms with Crippen molar-refractivity contribution in [2.45, 2.75) is 66.8 Å². The number of nitrogens with one attached hydrogen (secondary N) is 1. The van der Waals surface area contributed by atoms with Crippen LogP contribution in [0, 0.1) is 6.92 Å². The van der Waals surface area contributed by atoms with Gasteiger partial charge in [0.2, 0.25) is 0 Å². The summed E-state index contributed by atoms with van der Waals surface area (Å²) in [7, 11) is 1.90. The van der Waals surface area contributed by atoms with Gasteiger partial charge >= 0.3 is 0 Å². The van der Waals surface area contributed by atoms with Crippen LogP contribution in [0.2, 0.25) is 0 Å². The highest BCUT2D eigenvalue weighted by atomic mass is 15.3. The standard InChI is InChI=1S/C23H35N7/c1-8-16-13-19(29(11-4)12-5)25-14-18(16)21-22(24-7)27-23-20(26-21)15(6)28-30(23)17(9-2)10-3/h13-14,17H,8-12H2,1-7H3,(H,24,27). The lowest BCUT2D eigenvalue weighted by atomic mass is 10.0. The Bertz CT molecular complexity index is 1000. The second-order valence-electron chi connectivity index (χ2n) is 7.57. The molecule has 0 saturated carbocycles. The largest absolute Gasteiger partial charge is 0.371 e. The molecule has 0 aliphatic rings. The molecule has 162 valence electrons. The Morgan fingerprint density at radius 3 is 2.33 bits per heavy atom. The van der Waals surface area contributed by atoms with Gasteiger partial charge in [0.05, 0.1) is 11.7 Å². The maximum atomic E-state index is 5.05. The Kier molecular flexibility index (Phi) is 6.90. The van der Waals surface area contributed by atoms with Gasteiger partial charge in [-0.25, -0.2) is 19.6 Å². The summed E-state index contributed by atoms with van der Waals surface area (Å²) in [6, 6.07) is 2.51. The van der Waals surface area contributed by atoms with Crippen molar-refractivity contribution in [3.8, 4) is 11.3 Å². The minimum atomic E-state index is 0.326. The number of aryl methyl sites for hydroxylation is 2. The molecule has 3 heterocycles. The van der Waals surface area contributed by atoms with E-state index in [0.29, 0.717) is 6.04 Å². The molecular weight excluding hydrogens is 374 g/mol. The van der Waals surface area contributed by atoms with E-state index in [1.807, 2.05) is 24.9 Å². The second-order valence-corrected chi connectivity index (χ2v) is 7.57. The number of hydrogen-bond donors (Lipinski definition) is 1. The topological polar surface area (TPSA) is 71.8 Å². The fourth-order valence-corrected chi connectivity index (χ4v) is 4.05. The summed E-state index contributed by atoms with van der Waals surface area (Å²) < 4.78 is 2.05. The lowest BCUT2D eigenvalue weighted by molar-refractivity contribution is 0.437. The molecule has 7 heteroatoms. The van der Waals surface area contributed by atoms with E-state index in [4.69, 9.17) is 20.1 Å². The van der Waals surface area contributed by atoms with Crippen molar-refractivity contribution in [2.24, 2.45) is 0 Å². The molecule has 0 unspecified atom stereocenters. The molecule has 0 spiro atoms. The van der Waals surface area contributed by atoms with Gasteiger partial charge in [-0.1, -0.05) is 20.8 Å². The summed E-state index contributed by atoms with van der Waals surface area (Å²) in [6.07, 6.45) is 4.88. The van der Waals surface area contributed by atoms with E-state index in [2.05, 4.69) is 50.9 Å². The Labute approximate surface area is 179 Å². The van der Waals surface area contributed by atoms with Gasteiger partial charge in [0.1, 0.15) is 17.0 Å². The third kappa shape index (κ3) is 3.85. The first-order chi connectivity index (χ1) is 14.5. The van der Waals surface area contributed by atoms with Crippen molar-refractivity contribution >= 4 is 22.8 Å². The zero-order chi connectivity index (χ0) is 21.8. The van der Waals surface area contributed by atoms with Gasteiger partial charge in [-0.05, 0) is 51.7 Å². The quantitative estimate of drug-likeness (QED) is 0.536. The van der Waals surface area contributed by atoms with Crippen LogP contribution in [0.25, 0.3) is 22.4 Å². The average Bonchev–Trinajstić information content (AvgIpc) is 3.09. The Hall–Kier alpha value is -2.70. The summed E-state index contributed by atoms with van der Waals surface area (Å²) in [5.74, 6) is 1.78. The maximum Gasteiger partial charge on any atom is 0.179 e. The van der Waals surface area contributed by atoms with Crippen molar-refractivity contribution in [3.63, 3.8) is 0 Å². The summed E-state index contributed by atoms with van der Waals surface area (Å²) in [4.78, 5) is 17.0. The van der Waals surface area contributed by atoms with Gasteiger partial charge in [0.25, 0.3) is 0 Å². The van der Waals surface area contributed by atoms with Crippen LogP contribution in [0.15, 0.2) is 12.3 Å². The van der Waals surface area contributed by atoms with Gasteiger partial charge in [-0.3, -0.25) is 0 Å². The molecule has 3 aromatic rings. The Morgan fingerprint density at radius 1 is 1.07 bits per heavy atom. The van der Waals surface area contributed by atoms with Gasteiger partial charge in [0, 0.05) is 31.9 Å². The number of hydrogen-bond acceptors (Lipinski definition) is 6. The third-order valence-electron chi connectivity index (χ3n) is 5.92. The minimum absolute atomic E-state index is 0.326. The zero-order valence-corrected chi connectivity index (χ0v) is 19.5. The highest BCUT2D eigenvalue weighted by molar-refractivity contribution is 5.84. The maximum absolute atomic E-state index is 5.05. The van der Waals surface area contributed by atoms with E-state index < -0.39 is 0 Å². The van der Waals surface area contributed by atoms with Crippen LogP contribution >= 0.6 is 0 Å². The number of pyridine rings is 1. The highest BCUT2D eigenvalue weighted by Gasteiger charge is 2.21. The van der Waals surface area contributed by atoms with E-state index in [1.54, 1.807) is 0 Å². The molecule has 30 heavy (non-hydrogen) atoms. The molecule has 1 N–H and O–H groups in total. The van der Waals surface area contributed by atoms with Crippen molar-refractivity contribution in [1.82, 2.24) is 24.7 Å². The zero-order valence-electron chi connectivity index (χ0n) is 19.5. The number of aromatic nitrogens is 5. The smallest absolute Gasteiger partial charge is 0.179 e. The molecule has 0 aliphatic heterocycles. The monoisotopic (exact) mass is 409 g/mol. The van der Waals surface area contributed by atoms with E-state index in [-0.39, 0.29) is 0 Å². The summed E-state index contributed by atoms with van der Waals surface area (Å²) in [5.41, 5.74) is 5.72. The molecule has 3 rings (SSSR count). The normalized spacial score (nSPS) is 11.5. The van der Waals surface area contributed by atoms with E-state index in [9.17, 15) is 0 Å². The summed E-state index contributed by atoms with van der Waals surface area (Å²) >= 11 is 0. The minimum Gasteiger partial charge on any atom is -0.371 e. The van der Waals surface area contributed by atoms with Crippen LogP contribution in [0.3, 0.4) is 0 Å². The summed E-state index contributed by atoms with van der Waals surface area (Å²) in [5, 5.41) is 8.04. The second kappa shape index (κ2) is 9.41. The third-order valence-corrected chi connectivity index (χ3v) is 5.92. The predicted molar refractivity (Wildman–Crippen MR) is 125 cm³/mol. The van der Waals surface area contributed by atoms with Crippen molar-refractivity contribution < 1.29 is 0 Å². The number of rotatable bonds is 9. The van der Waals surface area contributed by atoms with Gasteiger partial charge in [-0.15, -0.1) is 0 Å². The molecule has 0 fully saturated rings. The van der Waals surface area contributed by atoms with Crippen LogP contribution in [-0.2, 0) is 6.42 Å². The van der Waals surface area contributed by atoms with Gasteiger partial charge < -0.3 is 10.2 Å². The van der Waals surface area contributed by atoms with Gasteiger partial charge in [-0.2, -0.15) is 5.10 Å². The molecular formula is C23H35N7. The van der Waals surface area contributed by atoms with Crippen molar-refractivity contribution in [1.29, 1.82) is 0 Å². The Balaban J connectivity index is 2.20. The Morgan fingerprint density at radius 2 is 1.77 bits per heavy atom. The molecule has 0 aliphatic carbocycles. The van der Waals surface area contributed by atoms with Crippen LogP contribution in [0.4, 0.5) is 11.6 Å². The van der Waals surface area contributed by atoms with Crippen LogP contribution in [-0.4, -0.2) is 44.9 Å². The van der Waals surface area contributed by atoms with Crippen molar-refractivity contribution in [3.05, 3.63) is 23.5 Å². The molecule has 0 saturated heterocycles. The SMILES string of the molecule is CCc1cc(N(CC)CC)ncc1-c1nc2c(C)nn(C(CC)CC)c2nc1NC. The molecule has 0 radical (unpaired) electrons. The lowest BCUT2D eigenvalue weighted by Crippen LogP contribution is -2.23. The van der Waals surface area contributed by atoms with Crippen LogP contribution in [0.1, 0.15) is 64.8 Å². The van der Waals surface area contributed by atoms with Crippen molar-refractivity contribution in [2.75, 3.05) is 30.4 Å². The average molecular weight is 410 g/mol. The number of nitrogens with zero attached hydrogens (tertiary/aromatic N) is 6. The first-order valence-corrected chi connectivity index (χ1v) is 11.2. The molecule has 0 bridgehead atoms. The molecule has 3 aromatic heterocycles. The predicted octanol–water partition coefficient (Wildman–Crippen LogP) is 5.01. The van der Waals surface area contributed by atoms with E-state index >= 15 is 0 Å². The van der Waals surface area contributed by atoms with E-state index in [1.165, 1.54) is 5.56 Å². The summed E-state index contributed by atoms with van der Waals surface area (Å²) in [6.45, 7) is 14.8. The number of fused-ring (bicyclic) bond motifs is 1.